The number of carbonyl (C=O) groups is 1. The predicted molar refractivity (Wildman–Crippen MR) is 96.2 cm³/mol. The molecule has 0 unspecified atom stereocenters. The first-order valence-electron chi connectivity index (χ1n) is 8.32. The van der Waals surface area contributed by atoms with Crippen molar-refractivity contribution in [3.05, 3.63) is 69.0 Å². The highest BCUT2D eigenvalue weighted by atomic mass is 19.2. The number of aryl methyl sites for hydroxylation is 1. The van der Waals surface area contributed by atoms with E-state index in [4.69, 9.17) is 5.26 Å². The van der Waals surface area contributed by atoms with E-state index in [-0.39, 0.29) is 28.6 Å². The minimum absolute atomic E-state index is 0.117. The quantitative estimate of drug-likeness (QED) is 0.717. The van der Waals surface area contributed by atoms with E-state index in [1.165, 1.54) is 12.3 Å². The maximum absolute atomic E-state index is 13.4. The minimum atomic E-state index is -1.07. The second-order valence-electron chi connectivity index (χ2n) is 6.28. The zero-order valence-electron chi connectivity index (χ0n) is 15.0. The average molecular weight is 383 g/mol. The number of nitrogens with zero attached hydrogens (tertiary/aromatic N) is 3. The SMILES string of the molecule is Cc1nc(C#N)cnc1[C@H](C)NC(=O)Cc1cc2cc(F)c(F)cc2[nH]c1=O. The summed E-state index contributed by atoms with van der Waals surface area (Å²) in [7, 11) is 0. The van der Waals surface area contributed by atoms with E-state index in [0.29, 0.717) is 11.4 Å². The van der Waals surface area contributed by atoms with Crippen LogP contribution in [0.3, 0.4) is 0 Å². The highest BCUT2D eigenvalue weighted by molar-refractivity contribution is 5.83. The average Bonchev–Trinajstić information content (AvgIpc) is 2.63. The van der Waals surface area contributed by atoms with Gasteiger partial charge in [0.2, 0.25) is 5.91 Å². The molecular formula is C19H15F2N5O2. The van der Waals surface area contributed by atoms with Gasteiger partial charge in [0.1, 0.15) is 6.07 Å². The van der Waals surface area contributed by atoms with E-state index < -0.39 is 29.1 Å². The van der Waals surface area contributed by atoms with Gasteiger partial charge in [0.25, 0.3) is 5.56 Å². The number of carbonyl (C=O) groups excluding carboxylic acids is 1. The maximum atomic E-state index is 13.4. The Morgan fingerprint density at radius 1 is 1.32 bits per heavy atom. The van der Waals surface area contributed by atoms with E-state index in [2.05, 4.69) is 20.3 Å². The van der Waals surface area contributed by atoms with Crippen LogP contribution in [0.4, 0.5) is 8.78 Å². The summed E-state index contributed by atoms with van der Waals surface area (Å²) in [6.07, 6.45) is 1.06. The summed E-state index contributed by atoms with van der Waals surface area (Å²) >= 11 is 0. The van der Waals surface area contributed by atoms with Crippen molar-refractivity contribution in [1.29, 1.82) is 5.26 Å². The molecule has 7 nitrogen and oxygen atoms in total. The van der Waals surface area contributed by atoms with E-state index in [0.717, 1.165) is 12.1 Å². The van der Waals surface area contributed by atoms with Gasteiger partial charge in [-0.3, -0.25) is 14.6 Å². The second kappa shape index (κ2) is 7.52. The lowest BCUT2D eigenvalue weighted by molar-refractivity contribution is -0.121. The van der Waals surface area contributed by atoms with Gasteiger partial charge in [-0.2, -0.15) is 5.26 Å². The zero-order valence-corrected chi connectivity index (χ0v) is 15.0. The minimum Gasteiger partial charge on any atom is -0.348 e. The molecular weight excluding hydrogens is 368 g/mol. The summed E-state index contributed by atoms with van der Waals surface area (Å²) in [6.45, 7) is 3.37. The summed E-state index contributed by atoms with van der Waals surface area (Å²) in [4.78, 5) is 35.1. The number of amides is 1. The van der Waals surface area contributed by atoms with Crippen molar-refractivity contribution in [2.75, 3.05) is 0 Å². The van der Waals surface area contributed by atoms with E-state index >= 15 is 0 Å². The van der Waals surface area contributed by atoms with Gasteiger partial charge >= 0.3 is 0 Å². The van der Waals surface area contributed by atoms with Gasteiger partial charge < -0.3 is 10.3 Å². The van der Waals surface area contributed by atoms with Crippen LogP contribution in [-0.4, -0.2) is 20.9 Å². The van der Waals surface area contributed by atoms with Crippen molar-refractivity contribution in [1.82, 2.24) is 20.3 Å². The molecule has 0 bridgehead atoms. The van der Waals surface area contributed by atoms with Crippen LogP contribution in [0, 0.1) is 29.9 Å². The first-order valence-corrected chi connectivity index (χ1v) is 8.32. The third kappa shape index (κ3) is 3.86. The molecule has 0 aliphatic heterocycles. The number of fused-ring (bicyclic) bond motifs is 1. The highest BCUT2D eigenvalue weighted by Gasteiger charge is 2.16. The number of rotatable bonds is 4. The van der Waals surface area contributed by atoms with Crippen molar-refractivity contribution >= 4 is 16.8 Å². The number of halogens is 2. The number of pyridine rings is 1. The van der Waals surface area contributed by atoms with Crippen LogP contribution >= 0.6 is 0 Å². The fourth-order valence-corrected chi connectivity index (χ4v) is 2.88. The van der Waals surface area contributed by atoms with Crippen LogP contribution in [0.2, 0.25) is 0 Å². The molecule has 1 aromatic carbocycles. The molecule has 0 saturated carbocycles. The molecule has 0 saturated heterocycles. The molecule has 3 aromatic rings. The number of nitriles is 1. The van der Waals surface area contributed by atoms with Crippen LogP contribution in [0.15, 0.2) is 29.2 Å². The van der Waals surface area contributed by atoms with Crippen LogP contribution in [0.5, 0.6) is 0 Å². The van der Waals surface area contributed by atoms with Crippen molar-refractivity contribution < 1.29 is 13.6 Å². The molecule has 2 heterocycles. The molecule has 0 radical (unpaired) electrons. The predicted octanol–water partition coefficient (Wildman–Crippen LogP) is 2.20. The number of hydrogen-bond donors (Lipinski definition) is 2. The first kappa shape index (κ1) is 19.1. The second-order valence-corrected chi connectivity index (χ2v) is 6.28. The van der Waals surface area contributed by atoms with Crippen LogP contribution < -0.4 is 10.9 Å². The molecule has 0 aliphatic rings. The van der Waals surface area contributed by atoms with E-state index in [9.17, 15) is 18.4 Å². The zero-order chi connectivity index (χ0) is 20.4. The lowest BCUT2D eigenvalue weighted by atomic mass is 10.1. The molecule has 9 heteroatoms. The molecule has 0 aliphatic carbocycles. The van der Waals surface area contributed by atoms with Gasteiger partial charge in [0.15, 0.2) is 17.3 Å². The third-order valence-electron chi connectivity index (χ3n) is 4.20. The monoisotopic (exact) mass is 383 g/mol. The van der Waals surface area contributed by atoms with Crippen molar-refractivity contribution in [2.24, 2.45) is 0 Å². The van der Waals surface area contributed by atoms with E-state index in [1.807, 2.05) is 6.07 Å². The van der Waals surface area contributed by atoms with Crippen LogP contribution in [0.25, 0.3) is 10.9 Å². The number of hydrogen-bond acceptors (Lipinski definition) is 5. The highest BCUT2D eigenvalue weighted by Crippen LogP contribution is 2.17. The summed E-state index contributed by atoms with van der Waals surface area (Å²) in [5.41, 5.74) is 0.878. The molecule has 2 N–H and O–H groups in total. The normalized spacial score (nSPS) is 11.8. The van der Waals surface area contributed by atoms with Crippen molar-refractivity contribution in [3.63, 3.8) is 0 Å². The topological polar surface area (TPSA) is 112 Å². The Bertz CT molecular complexity index is 1180. The van der Waals surface area contributed by atoms with Gasteiger partial charge in [0, 0.05) is 17.0 Å². The smallest absolute Gasteiger partial charge is 0.252 e. The molecule has 28 heavy (non-hydrogen) atoms. The lowest BCUT2D eigenvalue weighted by Gasteiger charge is -2.15. The maximum Gasteiger partial charge on any atom is 0.252 e. The Morgan fingerprint density at radius 3 is 2.71 bits per heavy atom. The molecule has 0 fully saturated rings. The summed E-state index contributed by atoms with van der Waals surface area (Å²) in [5.74, 6) is -2.56. The molecule has 1 atom stereocenters. The molecule has 3 rings (SSSR count). The van der Waals surface area contributed by atoms with Gasteiger partial charge in [-0.05, 0) is 26.0 Å². The third-order valence-corrected chi connectivity index (χ3v) is 4.20. The number of benzene rings is 1. The van der Waals surface area contributed by atoms with Gasteiger partial charge in [-0.25, -0.2) is 13.8 Å². The fourth-order valence-electron chi connectivity index (χ4n) is 2.88. The Hall–Kier alpha value is -3.67. The largest absolute Gasteiger partial charge is 0.348 e. The number of aromatic amines is 1. The number of nitrogens with one attached hydrogen (secondary N) is 2. The standard InChI is InChI=1S/C19H15F2N5O2/c1-9-18(23-8-13(7-22)24-9)10(2)25-17(27)5-12-3-11-4-14(20)15(21)6-16(11)26-19(12)28/h3-4,6,8,10H,5H2,1-2H3,(H,25,27)(H,26,28)/t10-/m0/s1. The van der Waals surface area contributed by atoms with Gasteiger partial charge in [-0.1, -0.05) is 0 Å². The molecule has 0 spiro atoms. The summed E-state index contributed by atoms with van der Waals surface area (Å²) in [6, 6.07) is 4.59. The van der Waals surface area contributed by atoms with E-state index in [1.54, 1.807) is 13.8 Å². The molecule has 142 valence electrons. The van der Waals surface area contributed by atoms with Crippen molar-refractivity contribution in [3.8, 4) is 6.07 Å². The Balaban J connectivity index is 1.79. The fraction of sp³-hybridized carbons (Fsp3) is 0.211. The van der Waals surface area contributed by atoms with Crippen LogP contribution in [-0.2, 0) is 11.2 Å². The van der Waals surface area contributed by atoms with Gasteiger partial charge in [0.05, 0.1) is 35.6 Å². The van der Waals surface area contributed by atoms with Crippen molar-refractivity contribution in [2.45, 2.75) is 26.3 Å². The Morgan fingerprint density at radius 2 is 2.04 bits per heavy atom. The summed E-state index contributed by atoms with van der Waals surface area (Å²) in [5, 5.41) is 11.8. The first-order chi connectivity index (χ1) is 13.3. The molecule has 2 aromatic heterocycles. The molecule has 1 amide bonds. The van der Waals surface area contributed by atoms with Gasteiger partial charge in [-0.15, -0.1) is 0 Å². The number of aromatic nitrogens is 3. The summed E-state index contributed by atoms with van der Waals surface area (Å²) < 4.78 is 26.7. The Labute approximate surface area is 158 Å². The number of H-pyrrole nitrogens is 1. The Kier molecular flexibility index (Phi) is 5.13. The van der Waals surface area contributed by atoms with Crippen LogP contribution in [0.1, 0.15) is 35.6 Å². The lowest BCUT2D eigenvalue weighted by Crippen LogP contribution is -2.31.